The first kappa shape index (κ1) is 11.7. The van der Waals surface area contributed by atoms with E-state index in [1.165, 1.54) is 36.8 Å². The first-order valence-electron chi connectivity index (χ1n) is 7.12. The molecule has 1 aromatic heterocycles. The molecule has 4 rings (SSSR count). The van der Waals surface area contributed by atoms with Gasteiger partial charge in [-0.3, -0.25) is 4.98 Å². The molecule has 0 radical (unpaired) electrons. The second kappa shape index (κ2) is 4.48. The number of nitrogens with zero attached hydrogens (tertiary/aromatic N) is 1. The van der Waals surface area contributed by atoms with Gasteiger partial charge in [0.2, 0.25) is 0 Å². The molecule has 2 aromatic rings. The Hall–Kier alpha value is -1.09. The summed E-state index contributed by atoms with van der Waals surface area (Å²) in [5, 5.41) is 4.99. The highest BCUT2D eigenvalue weighted by Gasteiger charge is 2.41. The zero-order valence-corrected chi connectivity index (χ0v) is 12.4. The van der Waals surface area contributed by atoms with E-state index in [2.05, 4.69) is 50.5 Å². The molecule has 0 aliphatic heterocycles. The van der Waals surface area contributed by atoms with Crippen molar-refractivity contribution in [3.8, 4) is 0 Å². The summed E-state index contributed by atoms with van der Waals surface area (Å²) in [5.74, 6) is 1.80. The number of para-hydroxylation sites is 1. The summed E-state index contributed by atoms with van der Waals surface area (Å²) in [7, 11) is 0. The zero-order chi connectivity index (χ0) is 12.8. The Morgan fingerprint density at radius 2 is 1.89 bits per heavy atom. The minimum atomic E-state index is 0.677. The Kier molecular flexibility index (Phi) is 2.76. The van der Waals surface area contributed by atoms with Crippen molar-refractivity contribution in [1.82, 2.24) is 4.98 Å². The molecule has 2 nitrogen and oxygen atoms in total. The molecule has 0 bridgehead atoms. The SMILES string of the molecule is Brc1cnc2c(NC(C3CC3)C3CC3)cccc2c1. The number of hydrogen-bond acceptors (Lipinski definition) is 2. The molecule has 1 heterocycles. The van der Waals surface area contributed by atoms with Crippen molar-refractivity contribution in [1.29, 1.82) is 0 Å². The summed E-state index contributed by atoms with van der Waals surface area (Å²) in [6, 6.07) is 9.23. The first-order valence-corrected chi connectivity index (χ1v) is 7.91. The summed E-state index contributed by atoms with van der Waals surface area (Å²) in [5.41, 5.74) is 2.30. The number of hydrogen-bond donors (Lipinski definition) is 1. The minimum absolute atomic E-state index is 0.677. The third-order valence-electron chi connectivity index (χ3n) is 4.26. The molecule has 19 heavy (non-hydrogen) atoms. The number of benzene rings is 1. The fourth-order valence-corrected chi connectivity index (χ4v) is 3.31. The van der Waals surface area contributed by atoms with Gasteiger partial charge in [-0.05, 0) is 65.6 Å². The lowest BCUT2D eigenvalue weighted by molar-refractivity contribution is 0.568. The minimum Gasteiger partial charge on any atom is -0.380 e. The van der Waals surface area contributed by atoms with E-state index >= 15 is 0 Å². The quantitative estimate of drug-likeness (QED) is 0.891. The van der Waals surface area contributed by atoms with E-state index in [4.69, 9.17) is 0 Å². The lowest BCUT2D eigenvalue weighted by Gasteiger charge is -2.20. The largest absolute Gasteiger partial charge is 0.380 e. The van der Waals surface area contributed by atoms with Crippen molar-refractivity contribution < 1.29 is 0 Å². The van der Waals surface area contributed by atoms with Gasteiger partial charge in [0.15, 0.2) is 0 Å². The molecular formula is C16H17BrN2. The van der Waals surface area contributed by atoms with Gasteiger partial charge in [-0.15, -0.1) is 0 Å². The lowest BCUT2D eigenvalue weighted by atomic mass is 10.1. The van der Waals surface area contributed by atoms with E-state index in [1.807, 2.05) is 6.20 Å². The van der Waals surface area contributed by atoms with Crippen molar-refractivity contribution >= 4 is 32.5 Å². The van der Waals surface area contributed by atoms with Crippen LogP contribution in [0.5, 0.6) is 0 Å². The Balaban J connectivity index is 1.69. The maximum absolute atomic E-state index is 4.58. The summed E-state index contributed by atoms with van der Waals surface area (Å²) >= 11 is 3.49. The van der Waals surface area contributed by atoms with Crippen molar-refractivity contribution in [2.24, 2.45) is 11.8 Å². The molecule has 2 fully saturated rings. The van der Waals surface area contributed by atoms with Crippen LogP contribution in [0.15, 0.2) is 34.9 Å². The van der Waals surface area contributed by atoms with E-state index in [0.717, 1.165) is 21.8 Å². The summed E-state index contributed by atoms with van der Waals surface area (Å²) < 4.78 is 1.04. The van der Waals surface area contributed by atoms with Gasteiger partial charge in [0.25, 0.3) is 0 Å². The van der Waals surface area contributed by atoms with E-state index in [-0.39, 0.29) is 0 Å². The van der Waals surface area contributed by atoms with Crippen LogP contribution in [0.2, 0.25) is 0 Å². The fraction of sp³-hybridized carbons (Fsp3) is 0.438. The van der Waals surface area contributed by atoms with E-state index in [1.54, 1.807) is 0 Å². The van der Waals surface area contributed by atoms with Crippen LogP contribution in [0.3, 0.4) is 0 Å². The third kappa shape index (κ3) is 2.36. The molecule has 1 aromatic carbocycles. The molecule has 0 spiro atoms. The maximum atomic E-state index is 4.58. The summed E-state index contributed by atoms with van der Waals surface area (Å²) in [4.78, 5) is 4.58. The van der Waals surface area contributed by atoms with Gasteiger partial charge in [-0.25, -0.2) is 0 Å². The number of aromatic nitrogens is 1. The topological polar surface area (TPSA) is 24.9 Å². The molecule has 2 aliphatic carbocycles. The standard InChI is InChI=1S/C16H17BrN2/c17-13-8-12-2-1-3-14(16(12)18-9-13)19-15(10-4-5-10)11-6-7-11/h1-3,8-11,15,19H,4-7H2. The Morgan fingerprint density at radius 3 is 2.58 bits per heavy atom. The van der Waals surface area contributed by atoms with E-state index < -0.39 is 0 Å². The Bertz CT molecular complexity index is 605. The molecule has 0 unspecified atom stereocenters. The van der Waals surface area contributed by atoms with Crippen LogP contribution < -0.4 is 5.32 Å². The maximum Gasteiger partial charge on any atom is 0.0934 e. The molecule has 2 saturated carbocycles. The smallest absolute Gasteiger partial charge is 0.0934 e. The average molecular weight is 317 g/mol. The van der Waals surface area contributed by atoms with Crippen LogP contribution in [0.1, 0.15) is 25.7 Å². The number of nitrogens with one attached hydrogen (secondary N) is 1. The third-order valence-corrected chi connectivity index (χ3v) is 4.69. The number of rotatable bonds is 4. The van der Waals surface area contributed by atoms with Gasteiger partial charge in [-0.2, -0.15) is 0 Å². The molecule has 1 N–H and O–H groups in total. The number of halogens is 1. The highest BCUT2D eigenvalue weighted by Crippen LogP contribution is 2.46. The van der Waals surface area contributed by atoms with Crippen LogP contribution in [0.4, 0.5) is 5.69 Å². The molecule has 2 aliphatic rings. The highest BCUT2D eigenvalue weighted by molar-refractivity contribution is 9.10. The van der Waals surface area contributed by atoms with Gasteiger partial charge in [0, 0.05) is 22.1 Å². The monoisotopic (exact) mass is 316 g/mol. The number of fused-ring (bicyclic) bond motifs is 1. The van der Waals surface area contributed by atoms with Crippen molar-refractivity contribution in [3.05, 3.63) is 34.9 Å². The Morgan fingerprint density at radius 1 is 1.16 bits per heavy atom. The van der Waals surface area contributed by atoms with Gasteiger partial charge in [0.1, 0.15) is 0 Å². The second-order valence-electron chi connectivity index (χ2n) is 5.88. The van der Waals surface area contributed by atoms with Crippen LogP contribution >= 0.6 is 15.9 Å². The van der Waals surface area contributed by atoms with Crippen molar-refractivity contribution in [2.75, 3.05) is 5.32 Å². The molecule has 0 atom stereocenters. The van der Waals surface area contributed by atoms with Gasteiger partial charge in [-0.1, -0.05) is 12.1 Å². The second-order valence-corrected chi connectivity index (χ2v) is 6.79. The van der Waals surface area contributed by atoms with Gasteiger partial charge < -0.3 is 5.32 Å². The molecular weight excluding hydrogens is 300 g/mol. The lowest BCUT2D eigenvalue weighted by Crippen LogP contribution is -2.24. The van der Waals surface area contributed by atoms with Gasteiger partial charge >= 0.3 is 0 Å². The van der Waals surface area contributed by atoms with Crippen LogP contribution in [-0.2, 0) is 0 Å². The van der Waals surface area contributed by atoms with Gasteiger partial charge in [0.05, 0.1) is 11.2 Å². The highest BCUT2D eigenvalue weighted by atomic mass is 79.9. The molecule has 98 valence electrons. The number of pyridine rings is 1. The Labute approximate surface area is 121 Å². The van der Waals surface area contributed by atoms with Crippen LogP contribution in [0.25, 0.3) is 10.9 Å². The normalized spacial score (nSPS) is 19.1. The summed E-state index contributed by atoms with van der Waals surface area (Å²) in [6.07, 6.45) is 7.49. The summed E-state index contributed by atoms with van der Waals surface area (Å²) in [6.45, 7) is 0. The van der Waals surface area contributed by atoms with Crippen molar-refractivity contribution in [2.45, 2.75) is 31.7 Å². The zero-order valence-electron chi connectivity index (χ0n) is 10.8. The fourth-order valence-electron chi connectivity index (χ4n) is 2.96. The number of anilines is 1. The average Bonchev–Trinajstić information content (AvgIpc) is 3.28. The van der Waals surface area contributed by atoms with E-state index in [0.29, 0.717) is 6.04 Å². The predicted molar refractivity (Wildman–Crippen MR) is 82.3 cm³/mol. The molecule has 3 heteroatoms. The predicted octanol–water partition coefficient (Wildman–Crippen LogP) is 4.60. The van der Waals surface area contributed by atoms with Crippen LogP contribution in [-0.4, -0.2) is 11.0 Å². The molecule has 0 saturated heterocycles. The molecule has 0 amide bonds. The van der Waals surface area contributed by atoms with Crippen LogP contribution in [0, 0.1) is 11.8 Å². The first-order chi connectivity index (χ1) is 9.31. The van der Waals surface area contributed by atoms with Crippen molar-refractivity contribution in [3.63, 3.8) is 0 Å². The van der Waals surface area contributed by atoms with E-state index in [9.17, 15) is 0 Å².